The van der Waals surface area contributed by atoms with Gasteiger partial charge in [-0.25, -0.2) is 0 Å². The Morgan fingerprint density at radius 2 is 1.83 bits per heavy atom. The molecule has 1 nitrogen and oxygen atoms in total. The van der Waals surface area contributed by atoms with Gasteiger partial charge in [-0.05, 0) is 38.0 Å². The molecular formula is C12H16F3NSSi. The van der Waals surface area contributed by atoms with E-state index in [0.717, 1.165) is 4.90 Å². The van der Waals surface area contributed by atoms with Crippen molar-refractivity contribution in [3.63, 3.8) is 0 Å². The second-order valence-electron chi connectivity index (χ2n) is 4.86. The van der Waals surface area contributed by atoms with E-state index in [9.17, 15) is 13.2 Å². The summed E-state index contributed by atoms with van der Waals surface area (Å²) in [5.41, 5.74) is -0.602. The third-order valence-electron chi connectivity index (χ3n) is 2.06. The molecule has 1 aromatic rings. The van der Waals surface area contributed by atoms with E-state index in [2.05, 4.69) is 4.66 Å². The molecule has 0 saturated heterocycles. The molecule has 18 heavy (non-hydrogen) atoms. The van der Waals surface area contributed by atoms with Crippen LogP contribution in [0.4, 0.5) is 13.2 Å². The van der Waals surface area contributed by atoms with Gasteiger partial charge < -0.3 is 4.66 Å². The van der Waals surface area contributed by atoms with Crippen LogP contribution >= 0.6 is 11.8 Å². The number of thioether (sulfide) groups is 1. The molecule has 0 aromatic heterocycles. The SMILES string of the molecule is CSc1cccc(/C(=N\[Si](C)(C)C)C(F)(F)F)c1. The standard InChI is InChI=1S/C12H16F3NSSi/c1-17-10-7-5-6-9(8-10)11(12(13,14)15)16-18(2,3)4/h5-8H,1-4H3/b16-11+. The highest BCUT2D eigenvalue weighted by molar-refractivity contribution is 7.98. The van der Waals surface area contributed by atoms with Gasteiger partial charge in [0.05, 0.1) is 0 Å². The number of benzene rings is 1. The summed E-state index contributed by atoms with van der Waals surface area (Å²) < 4.78 is 43.1. The molecule has 0 aliphatic rings. The molecule has 0 spiro atoms. The maximum atomic E-state index is 13.1. The minimum Gasteiger partial charge on any atom is -0.317 e. The molecule has 0 amide bonds. The van der Waals surface area contributed by atoms with Gasteiger partial charge in [-0.2, -0.15) is 13.2 Å². The molecule has 6 heteroatoms. The van der Waals surface area contributed by atoms with Crippen molar-refractivity contribution in [3.05, 3.63) is 29.8 Å². The Morgan fingerprint density at radius 1 is 1.22 bits per heavy atom. The van der Waals surface area contributed by atoms with E-state index in [1.54, 1.807) is 31.8 Å². The van der Waals surface area contributed by atoms with Crippen LogP contribution in [-0.2, 0) is 0 Å². The Morgan fingerprint density at radius 3 is 2.28 bits per heavy atom. The molecule has 0 saturated carbocycles. The van der Waals surface area contributed by atoms with Crippen LogP contribution < -0.4 is 0 Å². The number of hydrogen-bond donors (Lipinski definition) is 0. The minimum atomic E-state index is -4.41. The van der Waals surface area contributed by atoms with Gasteiger partial charge in [0.25, 0.3) is 0 Å². The molecule has 1 aromatic carbocycles. The van der Waals surface area contributed by atoms with Crippen LogP contribution in [0.1, 0.15) is 5.56 Å². The second kappa shape index (κ2) is 5.48. The van der Waals surface area contributed by atoms with Gasteiger partial charge in [0.2, 0.25) is 0 Å². The largest absolute Gasteiger partial charge is 0.432 e. The first-order valence-electron chi connectivity index (χ1n) is 5.45. The number of hydrogen-bond acceptors (Lipinski definition) is 2. The van der Waals surface area contributed by atoms with Crippen molar-refractivity contribution in [2.75, 3.05) is 6.26 Å². The fourth-order valence-electron chi connectivity index (χ4n) is 1.40. The summed E-state index contributed by atoms with van der Waals surface area (Å²) in [6, 6.07) is 6.42. The maximum absolute atomic E-state index is 13.1. The highest BCUT2D eigenvalue weighted by atomic mass is 32.2. The molecule has 0 atom stereocenters. The average Bonchev–Trinajstić information content (AvgIpc) is 2.23. The van der Waals surface area contributed by atoms with Crippen molar-refractivity contribution in [2.24, 2.45) is 4.66 Å². The zero-order valence-electron chi connectivity index (χ0n) is 10.8. The highest BCUT2D eigenvalue weighted by Crippen LogP contribution is 2.26. The van der Waals surface area contributed by atoms with Crippen LogP contribution in [0.3, 0.4) is 0 Å². The van der Waals surface area contributed by atoms with Crippen molar-refractivity contribution in [2.45, 2.75) is 30.7 Å². The molecular weight excluding hydrogens is 275 g/mol. The van der Waals surface area contributed by atoms with Crippen molar-refractivity contribution >= 4 is 25.7 Å². The molecule has 0 unspecified atom stereocenters. The van der Waals surface area contributed by atoms with Gasteiger partial charge in [0.1, 0.15) is 5.71 Å². The predicted molar refractivity (Wildman–Crippen MR) is 74.2 cm³/mol. The lowest BCUT2D eigenvalue weighted by Gasteiger charge is -2.17. The zero-order chi connectivity index (χ0) is 14.0. The van der Waals surface area contributed by atoms with Gasteiger partial charge in [0.15, 0.2) is 8.24 Å². The first-order valence-corrected chi connectivity index (χ1v) is 10.1. The molecule has 1 rings (SSSR count). The Hall–Kier alpha value is -0.753. The van der Waals surface area contributed by atoms with Crippen LogP contribution in [0.25, 0.3) is 0 Å². The molecule has 100 valence electrons. The monoisotopic (exact) mass is 291 g/mol. The fraction of sp³-hybridized carbons (Fsp3) is 0.417. The van der Waals surface area contributed by atoms with E-state index in [1.165, 1.54) is 23.9 Å². The minimum absolute atomic E-state index is 0.150. The summed E-state index contributed by atoms with van der Waals surface area (Å²) >= 11 is 1.42. The molecule has 0 aliphatic carbocycles. The molecule has 0 fully saturated rings. The van der Waals surface area contributed by atoms with Crippen LogP contribution in [0.15, 0.2) is 33.8 Å². The lowest BCUT2D eigenvalue weighted by molar-refractivity contribution is -0.0579. The van der Waals surface area contributed by atoms with Crippen molar-refractivity contribution < 1.29 is 13.2 Å². The van der Waals surface area contributed by atoms with E-state index in [4.69, 9.17) is 0 Å². The highest BCUT2D eigenvalue weighted by Gasteiger charge is 2.37. The van der Waals surface area contributed by atoms with Gasteiger partial charge in [-0.1, -0.05) is 12.1 Å². The van der Waals surface area contributed by atoms with E-state index < -0.39 is 20.1 Å². The van der Waals surface area contributed by atoms with Crippen molar-refractivity contribution in [1.82, 2.24) is 0 Å². The van der Waals surface area contributed by atoms with E-state index >= 15 is 0 Å². The topological polar surface area (TPSA) is 12.4 Å². The lowest BCUT2D eigenvalue weighted by Crippen LogP contribution is -2.30. The Labute approximate surface area is 111 Å². The van der Waals surface area contributed by atoms with Gasteiger partial charge in [0, 0.05) is 10.5 Å². The second-order valence-corrected chi connectivity index (χ2v) is 10.3. The Bertz CT molecular complexity index is 449. The summed E-state index contributed by atoms with van der Waals surface area (Å²) in [6.45, 7) is 5.37. The first-order chi connectivity index (χ1) is 8.13. The number of alkyl halides is 3. The predicted octanol–water partition coefficient (Wildman–Crippen LogP) is 4.59. The summed E-state index contributed by atoms with van der Waals surface area (Å²) in [5, 5.41) is 0. The third kappa shape index (κ3) is 4.49. The molecule has 0 radical (unpaired) electrons. The van der Waals surface area contributed by atoms with Crippen LogP contribution in [0.5, 0.6) is 0 Å². The normalized spacial score (nSPS) is 13.8. The number of halogens is 3. The van der Waals surface area contributed by atoms with Gasteiger partial charge in [-0.15, -0.1) is 11.8 Å². The first kappa shape index (κ1) is 15.3. The van der Waals surface area contributed by atoms with Crippen molar-refractivity contribution in [1.29, 1.82) is 0 Å². The number of rotatable bonds is 3. The molecule has 0 N–H and O–H groups in total. The van der Waals surface area contributed by atoms with Crippen LogP contribution in [0.2, 0.25) is 19.6 Å². The zero-order valence-corrected chi connectivity index (χ0v) is 12.6. The molecule has 0 aliphatic heterocycles. The maximum Gasteiger partial charge on any atom is 0.432 e. The lowest BCUT2D eigenvalue weighted by atomic mass is 10.1. The fourth-order valence-corrected chi connectivity index (χ4v) is 2.78. The van der Waals surface area contributed by atoms with E-state index in [-0.39, 0.29) is 5.56 Å². The van der Waals surface area contributed by atoms with Crippen LogP contribution in [-0.4, -0.2) is 26.4 Å². The average molecular weight is 291 g/mol. The third-order valence-corrected chi connectivity index (χ3v) is 3.68. The smallest absolute Gasteiger partial charge is 0.317 e. The van der Waals surface area contributed by atoms with E-state index in [0.29, 0.717) is 0 Å². The summed E-state index contributed by atoms with van der Waals surface area (Å²) in [4.78, 5) is 0.806. The Balaban J connectivity index is 3.31. The van der Waals surface area contributed by atoms with E-state index in [1.807, 2.05) is 6.26 Å². The summed E-state index contributed by atoms with van der Waals surface area (Å²) in [5.74, 6) is 0. The Kier molecular flexibility index (Phi) is 4.66. The summed E-state index contributed by atoms with van der Waals surface area (Å²) in [6.07, 6.45) is -2.57. The summed E-state index contributed by atoms with van der Waals surface area (Å²) in [7, 11) is -2.18. The van der Waals surface area contributed by atoms with Crippen molar-refractivity contribution in [3.8, 4) is 0 Å². The quantitative estimate of drug-likeness (QED) is 0.450. The van der Waals surface area contributed by atoms with Gasteiger partial charge in [-0.3, -0.25) is 0 Å². The molecule has 0 bridgehead atoms. The molecule has 0 heterocycles. The van der Waals surface area contributed by atoms with Crippen LogP contribution in [0, 0.1) is 0 Å². The number of nitrogens with zero attached hydrogens (tertiary/aromatic N) is 1. The van der Waals surface area contributed by atoms with Gasteiger partial charge >= 0.3 is 6.18 Å².